The highest BCUT2D eigenvalue weighted by molar-refractivity contribution is 9.10. The molecule has 0 spiro atoms. The van der Waals surface area contributed by atoms with Crippen molar-refractivity contribution in [3.8, 4) is 0 Å². The van der Waals surface area contributed by atoms with E-state index in [2.05, 4.69) is 15.9 Å². The van der Waals surface area contributed by atoms with Gasteiger partial charge in [0.2, 0.25) is 10.0 Å². The Bertz CT molecular complexity index is 568. The smallest absolute Gasteiger partial charge is 0.207 e. The van der Waals surface area contributed by atoms with Gasteiger partial charge in [0.15, 0.2) is 0 Å². The summed E-state index contributed by atoms with van der Waals surface area (Å²) in [5.74, 6) is 0.572. The molecule has 20 heavy (non-hydrogen) atoms. The third-order valence-corrected chi connectivity index (χ3v) is 7.08. The number of hydrogen-bond donors (Lipinski definition) is 0. The number of sulfonamides is 1. The van der Waals surface area contributed by atoms with Crippen LogP contribution in [-0.4, -0.2) is 25.3 Å². The predicted octanol–water partition coefficient (Wildman–Crippen LogP) is 3.79. The third-order valence-electron chi connectivity index (χ3n) is 4.61. The molecule has 1 aromatic carbocycles. The predicted molar refractivity (Wildman–Crippen MR) is 83.0 cm³/mol. The van der Waals surface area contributed by atoms with Gasteiger partial charge in [-0.15, -0.1) is 0 Å². The molecule has 2 atom stereocenters. The number of fused-ring (bicyclic) bond motifs is 1. The molecule has 3 nitrogen and oxygen atoms in total. The highest BCUT2D eigenvalue weighted by Crippen LogP contribution is 2.38. The van der Waals surface area contributed by atoms with E-state index >= 15 is 0 Å². The largest absolute Gasteiger partial charge is 0.243 e. The van der Waals surface area contributed by atoms with E-state index in [4.69, 9.17) is 0 Å². The molecule has 1 saturated carbocycles. The average molecular weight is 358 g/mol. The summed E-state index contributed by atoms with van der Waals surface area (Å²) in [6.45, 7) is 0.680. The first-order valence-electron chi connectivity index (χ1n) is 7.36. The Morgan fingerprint density at radius 1 is 1.00 bits per heavy atom. The Balaban J connectivity index is 1.91. The van der Waals surface area contributed by atoms with Crippen LogP contribution in [0.15, 0.2) is 33.6 Å². The van der Waals surface area contributed by atoms with Crippen LogP contribution in [0, 0.1) is 5.92 Å². The highest BCUT2D eigenvalue weighted by atomic mass is 79.9. The van der Waals surface area contributed by atoms with Gasteiger partial charge in [-0.3, -0.25) is 0 Å². The molecule has 0 amide bonds. The number of benzene rings is 1. The summed E-state index contributed by atoms with van der Waals surface area (Å²) >= 11 is 3.36. The van der Waals surface area contributed by atoms with Gasteiger partial charge in [-0.25, -0.2) is 8.42 Å². The van der Waals surface area contributed by atoms with E-state index in [0.29, 0.717) is 17.4 Å². The molecule has 0 aromatic heterocycles. The summed E-state index contributed by atoms with van der Waals surface area (Å²) in [4.78, 5) is 0.423. The minimum atomic E-state index is -3.34. The van der Waals surface area contributed by atoms with Crippen LogP contribution in [0.1, 0.15) is 38.5 Å². The van der Waals surface area contributed by atoms with Gasteiger partial charge in [-0.1, -0.05) is 28.8 Å². The van der Waals surface area contributed by atoms with Gasteiger partial charge in [-0.05, 0) is 55.9 Å². The molecule has 2 fully saturated rings. The van der Waals surface area contributed by atoms with Crippen LogP contribution in [0.25, 0.3) is 0 Å². The number of halogens is 1. The average Bonchev–Trinajstić information content (AvgIpc) is 2.47. The van der Waals surface area contributed by atoms with Crippen molar-refractivity contribution in [3.63, 3.8) is 0 Å². The number of piperidine rings is 1. The fourth-order valence-corrected chi connectivity index (χ4v) is 5.64. The Labute approximate surface area is 129 Å². The zero-order valence-electron chi connectivity index (χ0n) is 11.5. The molecule has 2 unspecified atom stereocenters. The van der Waals surface area contributed by atoms with Crippen LogP contribution in [0.4, 0.5) is 0 Å². The van der Waals surface area contributed by atoms with Gasteiger partial charge in [0.25, 0.3) is 0 Å². The molecule has 3 rings (SSSR count). The van der Waals surface area contributed by atoms with E-state index in [0.717, 1.165) is 23.7 Å². The monoisotopic (exact) mass is 357 g/mol. The van der Waals surface area contributed by atoms with Gasteiger partial charge < -0.3 is 0 Å². The molecule has 2 aliphatic rings. The van der Waals surface area contributed by atoms with E-state index in [1.165, 1.54) is 19.3 Å². The molecule has 1 aliphatic heterocycles. The van der Waals surface area contributed by atoms with Crippen molar-refractivity contribution < 1.29 is 8.42 Å². The summed E-state index contributed by atoms with van der Waals surface area (Å²) in [6, 6.07) is 7.23. The van der Waals surface area contributed by atoms with Crippen molar-refractivity contribution in [2.75, 3.05) is 6.54 Å². The molecule has 1 heterocycles. The van der Waals surface area contributed by atoms with E-state index in [9.17, 15) is 8.42 Å². The SMILES string of the molecule is O=S(=O)(c1ccc(Br)cc1)N1CCCC2CCCCC21. The number of rotatable bonds is 2. The standard InChI is InChI=1S/C15H20BrNO2S/c16-13-7-9-14(10-8-13)20(18,19)17-11-3-5-12-4-1-2-6-15(12)17/h7-10,12,15H,1-6,11H2. The third kappa shape index (κ3) is 2.68. The van der Waals surface area contributed by atoms with E-state index in [1.54, 1.807) is 28.6 Å². The summed E-state index contributed by atoms with van der Waals surface area (Å²) in [7, 11) is -3.34. The Morgan fingerprint density at radius 2 is 1.65 bits per heavy atom. The second-order valence-electron chi connectivity index (χ2n) is 5.82. The zero-order chi connectivity index (χ0) is 14.2. The lowest BCUT2D eigenvalue weighted by molar-refractivity contribution is 0.129. The second-order valence-corrected chi connectivity index (χ2v) is 8.63. The first-order valence-corrected chi connectivity index (χ1v) is 9.60. The molecule has 1 aromatic rings. The lowest BCUT2D eigenvalue weighted by Gasteiger charge is -2.43. The van der Waals surface area contributed by atoms with Crippen molar-refractivity contribution in [3.05, 3.63) is 28.7 Å². The minimum Gasteiger partial charge on any atom is -0.207 e. The van der Waals surface area contributed by atoms with Crippen LogP contribution in [0.2, 0.25) is 0 Å². The lowest BCUT2D eigenvalue weighted by atomic mass is 9.79. The van der Waals surface area contributed by atoms with Crippen molar-refractivity contribution in [2.45, 2.75) is 49.5 Å². The van der Waals surface area contributed by atoms with Gasteiger partial charge in [-0.2, -0.15) is 4.31 Å². The van der Waals surface area contributed by atoms with Crippen LogP contribution < -0.4 is 0 Å². The number of nitrogens with zero attached hydrogens (tertiary/aromatic N) is 1. The van der Waals surface area contributed by atoms with E-state index in [1.807, 2.05) is 0 Å². The Kier molecular flexibility index (Phi) is 4.20. The van der Waals surface area contributed by atoms with E-state index in [-0.39, 0.29) is 6.04 Å². The molecule has 110 valence electrons. The van der Waals surface area contributed by atoms with Crippen LogP contribution in [-0.2, 0) is 10.0 Å². The minimum absolute atomic E-state index is 0.228. The molecular formula is C15H20BrNO2S. The topological polar surface area (TPSA) is 37.4 Å². The molecular weight excluding hydrogens is 338 g/mol. The lowest BCUT2D eigenvalue weighted by Crippen LogP contribution is -2.49. The summed E-state index contributed by atoms with van der Waals surface area (Å²) in [6.07, 6.45) is 6.83. The number of hydrogen-bond acceptors (Lipinski definition) is 2. The van der Waals surface area contributed by atoms with Crippen LogP contribution in [0.3, 0.4) is 0 Å². The Morgan fingerprint density at radius 3 is 2.40 bits per heavy atom. The van der Waals surface area contributed by atoms with Gasteiger partial charge in [0.05, 0.1) is 4.90 Å². The first-order chi connectivity index (χ1) is 9.59. The zero-order valence-corrected chi connectivity index (χ0v) is 13.9. The molecule has 1 aliphatic carbocycles. The molecule has 0 radical (unpaired) electrons. The fraction of sp³-hybridized carbons (Fsp3) is 0.600. The summed E-state index contributed by atoms with van der Waals surface area (Å²) < 4.78 is 28.4. The maximum Gasteiger partial charge on any atom is 0.243 e. The maximum atomic E-state index is 12.9. The van der Waals surface area contributed by atoms with Crippen LogP contribution in [0.5, 0.6) is 0 Å². The van der Waals surface area contributed by atoms with E-state index < -0.39 is 10.0 Å². The van der Waals surface area contributed by atoms with Crippen LogP contribution >= 0.6 is 15.9 Å². The van der Waals surface area contributed by atoms with Gasteiger partial charge in [0.1, 0.15) is 0 Å². The summed E-state index contributed by atoms with van der Waals surface area (Å²) in [5, 5.41) is 0. The van der Waals surface area contributed by atoms with Crippen molar-refractivity contribution in [1.82, 2.24) is 4.31 Å². The first kappa shape index (κ1) is 14.5. The fourth-order valence-electron chi connectivity index (χ4n) is 3.62. The van der Waals surface area contributed by atoms with Crippen molar-refractivity contribution >= 4 is 26.0 Å². The maximum absolute atomic E-state index is 12.9. The molecule has 1 saturated heterocycles. The summed E-state index contributed by atoms with van der Waals surface area (Å²) in [5.41, 5.74) is 0. The van der Waals surface area contributed by atoms with Gasteiger partial charge in [0, 0.05) is 17.1 Å². The Hall–Kier alpha value is -0.390. The molecule has 5 heteroatoms. The molecule has 0 N–H and O–H groups in total. The van der Waals surface area contributed by atoms with Crippen molar-refractivity contribution in [1.29, 1.82) is 0 Å². The van der Waals surface area contributed by atoms with Gasteiger partial charge >= 0.3 is 0 Å². The highest BCUT2D eigenvalue weighted by Gasteiger charge is 2.39. The normalized spacial score (nSPS) is 28.1. The molecule has 0 bridgehead atoms. The van der Waals surface area contributed by atoms with Crippen molar-refractivity contribution in [2.24, 2.45) is 5.92 Å². The quantitative estimate of drug-likeness (QED) is 0.807. The second kappa shape index (κ2) is 5.78.